The molecule has 0 aliphatic carbocycles. The van der Waals surface area contributed by atoms with Gasteiger partial charge in [0.05, 0.1) is 12.6 Å². The molecule has 4 heteroatoms. The number of nitrogens with two attached hydrogens (primary N) is 1. The smallest absolute Gasteiger partial charge is 0.223 e. The van der Waals surface area contributed by atoms with Crippen LogP contribution in [-0.2, 0) is 11.2 Å². The number of nitrogens with one attached hydrogen (secondary N) is 1. The highest BCUT2D eigenvalue weighted by atomic mass is 16.3. The summed E-state index contributed by atoms with van der Waals surface area (Å²) in [7, 11) is 0. The lowest BCUT2D eigenvalue weighted by atomic mass is 9.94. The number of rotatable bonds is 1. The van der Waals surface area contributed by atoms with Gasteiger partial charge in [0.15, 0.2) is 0 Å². The summed E-state index contributed by atoms with van der Waals surface area (Å²) in [6.45, 7) is 1.88. The maximum atomic E-state index is 12.1. The van der Waals surface area contributed by atoms with E-state index in [2.05, 4.69) is 17.4 Å². The Labute approximate surface area is 120 Å². The van der Waals surface area contributed by atoms with Crippen molar-refractivity contribution >= 4 is 5.91 Å². The molecular weight excluding hydrogens is 252 g/mol. The maximum Gasteiger partial charge on any atom is 0.223 e. The number of fused-ring (bicyclic) bond motifs is 2. The van der Waals surface area contributed by atoms with Crippen molar-refractivity contribution in [3.05, 3.63) is 35.4 Å². The normalized spacial score (nSPS) is 28.1. The minimum absolute atomic E-state index is 0.0225. The number of amides is 1. The van der Waals surface area contributed by atoms with Crippen molar-refractivity contribution in [3.63, 3.8) is 0 Å². The first-order valence-electron chi connectivity index (χ1n) is 7.35. The largest absolute Gasteiger partial charge is 0.394 e. The Morgan fingerprint density at radius 1 is 1.40 bits per heavy atom. The number of aliphatic hydroxyl groups excluding tert-OH is 1. The Kier molecular flexibility index (Phi) is 5.15. The summed E-state index contributed by atoms with van der Waals surface area (Å²) in [6, 6.07) is 7.95. The average molecular weight is 276 g/mol. The molecule has 4 nitrogen and oxygen atoms in total. The number of hydrogen-bond donors (Lipinski definition) is 3. The van der Waals surface area contributed by atoms with Crippen LogP contribution in [0.2, 0.25) is 0 Å². The molecule has 3 atom stereocenters. The quantitative estimate of drug-likeness (QED) is 0.728. The molecule has 20 heavy (non-hydrogen) atoms. The molecule has 0 saturated carbocycles. The summed E-state index contributed by atoms with van der Waals surface area (Å²) in [5.74, 6) is -0.0108. The van der Waals surface area contributed by atoms with Crippen molar-refractivity contribution in [2.24, 2.45) is 11.7 Å². The number of hydrogen-bond acceptors (Lipinski definition) is 3. The molecule has 110 valence electrons. The van der Waals surface area contributed by atoms with Crippen LogP contribution in [0.4, 0.5) is 0 Å². The summed E-state index contributed by atoms with van der Waals surface area (Å²) in [4.78, 5) is 12.1. The molecule has 0 saturated heterocycles. The SMILES string of the molecule is CC1CCCC(N)c2cccc(c2)CC(CO)NC1=O. The molecule has 0 fully saturated rings. The van der Waals surface area contributed by atoms with E-state index >= 15 is 0 Å². The van der Waals surface area contributed by atoms with Gasteiger partial charge in [-0.05, 0) is 30.4 Å². The van der Waals surface area contributed by atoms with E-state index in [1.54, 1.807) is 0 Å². The third kappa shape index (κ3) is 3.81. The molecule has 0 aromatic heterocycles. The molecule has 1 aromatic rings. The summed E-state index contributed by atoms with van der Waals surface area (Å²) in [6.07, 6.45) is 3.29. The van der Waals surface area contributed by atoms with Crippen LogP contribution in [0.25, 0.3) is 0 Å². The van der Waals surface area contributed by atoms with Gasteiger partial charge in [0.2, 0.25) is 5.91 Å². The predicted molar refractivity (Wildman–Crippen MR) is 79.1 cm³/mol. The lowest BCUT2D eigenvalue weighted by molar-refractivity contribution is -0.125. The summed E-state index contributed by atoms with van der Waals surface area (Å²) >= 11 is 0. The third-order valence-electron chi connectivity index (χ3n) is 4.03. The fraction of sp³-hybridized carbons (Fsp3) is 0.562. The van der Waals surface area contributed by atoms with Crippen molar-refractivity contribution < 1.29 is 9.90 Å². The lowest BCUT2D eigenvalue weighted by Gasteiger charge is -2.22. The van der Waals surface area contributed by atoms with Crippen LogP contribution in [0.5, 0.6) is 0 Å². The van der Waals surface area contributed by atoms with E-state index in [4.69, 9.17) is 5.73 Å². The number of benzene rings is 1. The average Bonchev–Trinajstić information content (AvgIpc) is 2.45. The zero-order valence-corrected chi connectivity index (χ0v) is 12.0. The molecule has 1 amide bonds. The lowest BCUT2D eigenvalue weighted by Crippen LogP contribution is -2.41. The maximum absolute atomic E-state index is 12.1. The zero-order valence-electron chi connectivity index (χ0n) is 12.0. The first-order valence-corrected chi connectivity index (χ1v) is 7.35. The fourth-order valence-electron chi connectivity index (χ4n) is 2.68. The van der Waals surface area contributed by atoms with Crippen LogP contribution in [0, 0.1) is 5.92 Å². The van der Waals surface area contributed by atoms with Gasteiger partial charge in [0, 0.05) is 12.0 Å². The van der Waals surface area contributed by atoms with Crippen molar-refractivity contribution in [2.45, 2.75) is 44.7 Å². The Bertz CT molecular complexity index is 462. The Morgan fingerprint density at radius 3 is 2.95 bits per heavy atom. The molecule has 1 aliphatic heterocycles. The van der Waals surface area contributed by atoms with Crippen LogP contribution in [0.1, 0.15) is 43.4 Å². The summed E-state index contributed by atoms with van der Waals surface area (Å²) in [5.41, 5.74) is 8.46. The fourth-order valence-corrected chi connectivity index (χ4v) is 2.68. The van der Waals surface area contributed by atoms with Gasteiger partial charge in [-0.3, -0.25) is 4.79 Å². The highest BCUT2D eigenvalue weighted by Gasteiger charge is 2.19. The van der Waals surface area contributed by atoms with Crippen LogP contribution < -0.4 is 11.1 Å². The van der Waals surface area contributed by atoms with E-state index in [1.165, 1.54) is 0 Å². The van der Waals surface area contributed by atoms with Crippen molar-refractivity contribution in [2.75, 3.05) is 6.61 Å². The highest BCUT2D eigenvalue weighted by Crippen LogP contribution is 2.21. The van der Waals surface area contributed by atoms with E-state index in [0.717, 1.165) is 30.4 Å². The molecule has 0 spiro atoms. The van der Waals surface area contributed by atoms with Crippen LogP contribution in [0.3, 0.4) is 0 Å². The van der Waals surface area contributed by atoms with E-state index in [9.17, 15) is 9.90 Å². The van der Waals surface area contributed by atoms with Crippen LogP contribution in [-0.4, -0.2) is 23.7 Å². The highest BCUT2D eigenvalue weighted by molar-refractivity contribution is 5.78. The predicted octanol–water partition coefficient (Wildman–Crippen LogP) is 1.53. The molecule has 1 aromatic carbocycles. The minimum atomic E-state index is -0.226. The van der Waals surface area contributed by atoms with Gasteiger partial charge >= 0.3 is 0 Å². The van der Waals surface area contributed by atoms with Gasteiger partial charge < -0.3 is 16.2 Å². The van der Waals surface area contributed by atoms with E-state index < -0.39 is 0 Å². The van der Waals surface area contributed by atoms with E-state index in [1.807, 2.05) is 19.1 Å². The minimum Gasteiger partial charge on any atom is -0.394 e. The zero-order chi connectivity index (χ0) is 14.5. The van der Waals surface area contributed by atoms with Crippen LogP contribution >= 0.6 is 0 Å². The van der Waals surface area contributed by atoms with Gasteiger partial charge in [-0.1, -0.05) is 37.6 Å². The second kappa shape index (κ2) is 6.86. The van der Waals surface area contributed by atoms with Crippen LogP contribution in [0.15, 0.2) is 24.3 Å². The standard InChI is InChI=1S/C16H24N2O2/c1-11-4-2-7-15(17)13-6-3-5-12(8-13)9-14(10-19)18-16(11)20/h3,5-6,8,11,14-15,19H,2,4,7,9-10,17H2,1H3,(H,18,20). The van der Waals surface area contributed by atoms with E-state index in [0.29, 0.717) is 6.42 Å². The van der Waals surface area contributed by atoms with Gasteiger partial charge in [0.1, 0.15) is 0 Å². The van der Waals surface area contributed by atoms with Gasteiger partial charge in [0.25, 0.3) is 0 Å². The topological polar surface area (TPSA) is 75.3 Å². The second-order valence-electron chi connectivity index (χ2n) is 5.78. The number of aliphatic hydroxyl groups is 1. The summed E-state index contributed by atoms with van der Waals surface area (Å²) < 4.78 is 0. The van der Waals surface area contributed by atoms with Crippen molar-refractivity contribution in [1.29, 1.82) is 0 Å². The Balaban J connectivity index is 2.23. The number of carbonyl (C=O) groups is 1. The molecule has 3 unspecified atom stereocenters. The summed E-state index contributed by atoms with van der Waals surface area (Å²) in [5, 5.41) is 12.4. The molecule has 2 bridgehead atoms. The molecule has 2 rings (SSSR count). The molecule has 4 N–H and O–H groups in total. The molecule has 1 heterocycles. The first kappa shape index (κ1) is 15.0. The molecule has 0 radical (unpaired) electrons. The first-order chi connectivity index (χ1) is 9.60. The van der Waals surface area contributed by atoms with Crippen molar-refractivity contribution in [3.8, 4) is 0 Å². The van der Waals surface area contributed by atoms with Crippen molar-refractivity contribution in [1.82, 2.24) is 5.32 Å². The Morgan fingerprint density at radius 2 is 2.20 bits per heavy atom. The van der Waals surface area contributed by atoms with Gasteiger partial charge in [-0.15, -0.1) is 0 Å². The second-order valence-corrected chi connectivity index (χ2v) is 5.78. The van der Waals surface area contributed by atoms with Gasteiger partial charge in [-0.25, -0.2) is 0 Å². The van der Waals surface area contributed by atoms with E-state index in [-0.39, 0.29) is 30.5 Å². The Hall–Kier alpha value is -1.39. The monoisotopic (exact) mass is 276 g/mol. The van der Waals surface area contributed by atoms with Gasteiger partial charge in [-0.2, -0.15) is 0 Å². The number of carbonyl (C=O) groups excluding carboxylic acids is 1. The molecular formula is C16H24N2O2. The third-order valence-corrected chi connectivity index (χ3v) is 4.03. The molecule has 1 aliphatic rings.